The quantitative estimate of drug-likeness (QED) is 0.723. The van der Waals surface area contributed by atoms with Gasteiger partial charge in [0.05, 0.1) is 0 Å². The summed E-state index contributed by atoms with van der Waals surface area (Å²) in [5.41, 5.74) is 0. The Morgan fingerprint density at radius 1 is 1.19 bits per heavy atom. The van der Waals surface area contributed by atoms with Gasteiger partial charge in [-0.3, -0.25) is 9.69 Å². The Hall–Kier alpha value is -0.410. The number of ketones is 1. The van der Waals surface area contributed by atoms with Gasteiger partial charge in [-0.05, 0) is 45.8 Å². The monoisotopic (exact) mass is 224 g/mol. The first-order valence-electron chi connectivity index (χ1n) is 6.71. The summed E-state index contributed by atoms with van der Waals surface area (Å²) < 4.78 is 0. The van der Waals surface area contributed by atoms with Gasteiger partial charge in [-0.1, -0.05) is 6.42 Å². The lowest BCUT2D eigenvalue weighted by Crippen LogP contribution is -2.41. The van der Waals surface area contributed by atoms with Gasteiger partial charge in [0.1, 0.15) is 5.78 Å². The molecule has 0 bridgehead atoms. The van der Waals surface area contributed by atoms with Gasteiger partial charge in [0.25, 0.3) is 0 Å². The van der Waals surface area contributed by atoms with Crippen molar-refractivity contribution in [3.63, 3.8) is 0 Å². The summed E-state index contributed by atoms with van der Waals surface area (Å²) in [6.07, 6.45) is 6.20. The van der Waals surface area contributed by atoms with Crippen molar-refractivity contribution in [1.29, 1.82) is 0 Å². The van der Waals surface area contributed by atoms with E-state index in [1.54, 1.807) is 6.92 Å². The van der Waals surface area contributed by atoms with Gasteiger partial charge in [-0.2, -0.15) is 0 Å². The summed E-state index contributed by atoms with van der Waals surface area (Å²) in [7, 11) is 0. The van der Waals surface area contributed by atoms with E-state index in [1.165, 1.54) is 51.9 Å². The summed E-state index contributed by atoms with van der Waals surface area (Å²) in [6.45, 7) is 7.63. The number of carbonyl (C=O) groups is 1. The van der Waals surface area contributed by atoms with Crippen LogP contribution in [0.2, 0.25) is 0 Å². The normalized spacial score (nSPS) is 28.4. The molecular weight excluding hydrogens is 200 g/mol. The molecule has 0 aliphatic carbocycles. The Bertz CT molecular complexity index is 236. The maximum absolute atomic E-state index is 10.9. The number of Topliss-reactive ketones (excluding diaryl/α,β-unsaturated/α-hetero) is 1. The Morgan fingerprint density at radius 3 is 2.62 bits per heavy atom. The summed E-state index contributed by atoms with van der Waals surface area (Å²) in [5, 5.41) is 0. The first-order chi connectivity index (χ1) is 7.75. The SMILES string of the molecule is CC(=O)CCN1CCC(N2CCCCC2)C1. The standard InChI is InChI=1S/C13H24N2O/c1-12(16)5-9-14-10-6-13(11-14)15-7-3-2-4-8-15/h13H,2-11H2,1H3. The van der Waals surface area contributed by atoms with Gasteiger partial charge in [0, 0.05) is 25.6 Å². The van der Waals surface area contributed by atoms with Gasteiger partial charge in [-0.15, -0.1) is 0 Å². The highest BCUT2D eigenvalue weighted by Crippen LogP contribution is 2.20. The topological polar surface area (TPSA) is 23.6 Å². The van der Waals surface area contributed by atoms with E-state index in [1.807, 2.05) is 0 Å². The molecule has 2 rings (SSSR count). The van der Waals surface area contributed by atoms with E-state index in [4.69, 9.17) is 0 Å². The predicted molar refractivity (Wildman–Crippen MR) is 65.6 cm³/mol. The van der Waals surface area contributed by atoms with Crippen molar-refractivity contribution in [2.24, 2.45) is 0 Å². The maximum atomic E-state index is 10.9. The summed E-state index contributed by atoms with van der Waals surface area (Å²) in [5.74, 6) is 0.321. The van der Waals surface area contributed by atoms with Crippen molar-refractivity contribution in [3.8, 4) is 0 Å². The minimum absolute atomic E-state index is 0.321. The van der Waals surface area contributed by atoms with E-state index in [-0.39, 0.29) is 0 Å². The number of hydrogen-bond acceptors (Lipinski definition) is 3. The van der Waals surface area contributed by atoms with Crippen LogP contribution in [0.4, 0.5) is 0 Å². The fourth-order valence-electron chi connectivity index (χ4n) is 2.91. The summed E-state index contributed by atoms with van der Waals surface area (Å²) in [4.78, 5) is 16.1. The van der Waals surface area contributed by atoms with Crippen LogP contribution in [0, 0.1) is 0 Å². The zero-order valence-corrected chi connectivity index (χ0v) is 10.5. The minimum Gasteiger partial charge on any atom is -0.301 e. The van der Waals surface area contributed by atoms with Crippen molar-refractivity contribution in [2.45, 2.75) is 45.1 Å². The molecule has 0 spiro atoms. The van der Waals surface area contributed by atoms with Crippen LogP contribution in [0.25, 0.3) is 0 Å². The van der Waals surface area contributed by atoms with Crippen molar-refractivity contribution < 1.29 is 4.79 Å². The largest absolute Gasteiger partial charge is 0.301 e. The molecule has 0 saturated carbocycles. The van der Waals surface area contributed by atoms with Crippen molar-refractivity contribution in [3.05, 3.63) is 0 Å². The average Bonchev–Trinajstić information content (AvgIpc) is 2.76. The van der Waals surface area contributed by atoms with E-state index in [0.29, 0.717) is 5.78 Å². The van der Waals surface area contributed by atoms with E-state index in [9.17, 15) is 4.79 Å². The first-order valence-corrected chi connectivity index (χ1v) is 6.71. The maximum Gasteiger partial charge on any atom is 0.131 e. The molecular formula is C13H24N2O. The molecule has 1 atom stereocenters. The molecule has 92 valence electrons. The molecule has 0 aromatic heterocycles. The molecule has 2 saturated heterocycles. The third-order valence-corrected chi connectivity index (χ3v) is 3.93. The highest BCUT2D eigenvalue weighted by atomic mass is 16.1. The van der Waals surface area contributed by atoms with Crippen LogP contribution in [0.3, 0.4) is 0 Å². The van der Waals surface area contributed by atoms with E-state index in [2.05, 4.69) is 9.80 Å². The summed E-state index contributed by atoms with van der Waals surface area (Å²) >= 11 is 0. The van der Waals surface area contributed by atoms with Crippen LogP contribution in [0.5, 0.6) is 0 Å². The van der Waals surface area contributed by atoms with E-state index in [0.717, 1.165) is 19.0 Å². The molecule has 1 unspecified atom stereocenters. The zero-order chi connectivity index (χ0) is 11.4. The molecule has 2 heterocycles. The number of piperidine rings is 1. The van der Waals surface area contributed by atoms with Crippen LogP contribution >= 0.6 is 0 Å². The van der Waals surface area contributed by atoms with Gasteiger partial charge in [-0.25, -0.2) is 0 Å². The van der Waals surface area contributed by atoms with E-state index < -0.39 is 0 Å². The third-order valence-electron chi connectivity index (χ3n) is 3.93. The predicted octanol–water partition coefficient (Wildman–Crippen LogP) is 1.53. The Morgan fingerprint density at radius 2 is 1.94 bits per heavy atom. The highest BCUT2D eigenvalue weighted by Gasteiger charge is 2.27. The first kappa shape index (κ1) is 12.1. The molecule has 16 heavy (non-hydrogen) atoms. The number of carbonyl (C=O) groups excluding carboxylic acids is 1. The number of hydrogen-bond donors (Lipinski definition) is 0. The second kappa shape index (κ2) is 5.78. The lowest BCUT2D eigenvalue weighted by Gasteiger charge is -2.32. The smallest absolute Gasteiger partial charge is 0.131 e. The molecule has 0 radical (unpaired) electrons. The lowest BCUT2D eigenvalue weighted by atomic mass is 10.1. The van der Waals surface area contributed by atoms with E-state index >= 15 is 0 Å². The molecule has 3 heteroatoms. The number of nitrogens with zero attached hydrogens (tertiary/aromatic N) is 2. The zero-order valence-electron chi connectivity index (χ0n) is 10.5. The van der Waals surface area contributed by atoms with Crippen molar-refractivity contribution >= 4 is 5.78 Å². The van der Waals surface area contributed by atoms with Crippen LogP contribution < -0.4 is 0 Å². The van der Waals surface area contributed by atoms with Crippen molar-refractivity contribution in [1.82, 2.24) is 9.80 Å². The molecule has 0 amide bonds. The average molecular weight is 224 g/mol. The Balaban J connectivity index is 1.72. The summed E-state index contributed by atoms with van der Waals surface area (Å²) in [6, 6.07) is 0.771. The Kier molecular flexibility index (Phi) is 4.36. The van der Waals surface area contributed by atoms with Crippen LogP contribution in [-0.4, -0.2) is 54.3 Å². The second-order valence-electron chi connectivity index (χ2n) is 5.29. The number of rotatable bonds is 4. The van der Waals surface area contributed by atoms with Crippen molar-refractivity contribution in [2.75, 3.05) is 32.7 Å². The van der Waals surface area contributed by atoms with Gasteiger partial charge >= 0.3 is 0 Å². The molecule has 2 fully saturated rings. The fourth-order valence-corrected chi connectivity index (χ4v) is 2.91. The molecule has 2 aliphatic heterocycles. The third kappa shape index (κ3) is 3.29. The number of likely N-dealkylation sites (tertiary alicyclic amines) is 2. The fraction of sp³-hybridized carbons (Fsp3) is 0.923. The van der Waals surface area contributed by atoms with Crippen LogP contribution in [0.1, 0.15) is 39.0 Å². The molecule has 2 aliphatic rings. The molecule has 0 aromatic rings. The van der Waals surface area contributed by atoms with Gasteiger partial charge in [0.15, 0.2) is 0 Å². The highest BCUT2D eigenvalue weighted by molar-refractivity contribution is 5.75. The molecule has 3 nitrogen and oxygen atoms in total. The Labute approximate surface area is 98.8 Å². The van der Waals surface area contributed by atoms with Gasteiger partial charge < -0.3 is 4.90 Å². The van der Waals surface area contributed by atoms with Crippen LogP contribution in [-0.2, 0) is 4.79 Å². The minimum atomic E-state index is 0.321. The lowest BCUT2D eigenvalue weighted by molar-refractivity contribution is -0.117. The van der Waals surface area contributed by atoms with Crippen LogP contribution in [0.15, 0.2) is 0 Å². The second-order valence-corrected chi connectivity index (χ2v) is 5.29. The molecule has 0 aromatic carbocycles. The van der Waals surface area contributed by atoms with Gasteiger partial charge in [0.2, 0.25) is 0 Å². The molecule has 0 N–H and O–H groups in total.